The van der Waals surface area contributed by atoms with Gasteiger partial charge in [0.2, 0.25) is 11.8 Å². The molecule has 2 heterocycles. The van der Waals surface area contributed by atoms with Crippen molar-refractivity contribution in [3.63, 3.8) is 0 Å². The number of hydrogen-bond acceptors (Lipinski definition) is 9. The number of anilines is 1. The predicted molar refractivity (Wildman–Crippen MR) is 163 cm³/mol. The third-order valence-corrected chi connectivity index (χ3v) is 8.28. The summed E-state index contributed by atoms with van der Waals surface area (Å²) in [5.74, 6) is -1.28. The number of ether oxygens (including phenoxy) is 2. The van der Waals surface area contributed by atoms with Gasteiger partial charge in [-0.25, -0.2) is 14.7 Å². The minimum atomic E-state index is -0.790. The quantitative estimate of drug-likeness (QED) is 0.124. The summed E-state index contributed by atoms with van der Waals surface area (Å²) in [7, 11) is 1.56. The van der Waals surface area contributed by atoms with Crippen LogP contribution in [0.4, 0.5) is 5.69 Å². The number of nitriles is 1. The Hall–Kier alpha value is -4.79. The van der Waals surface area contributed by atoms with Crippen molar-refractivity contribution >= 4 is 56.9 Å². The lowest BCUT2D eigenvalue weighted by molar-refractivity contribution is -0.121. The average Bonchev–Trinajstić information content (AvgIpc) is 3.31. The molecule has 0 N–H and O–H groups in total. The fraction of sp³-hybridized carbons (Fsp3) is 0.125. The number of ketones is 1. The number of Topliss-reactive ketones (excluding diaryl/α,β-unsaturated/α-hetero) is 1. The van der Waals surface area contributed by atoms with E-state index < -0.39 is 29.6 Å². The van der Waals surface area contributed by atoms with Crippen molar-refractivity contribution in [3.8, 4) is 23.1 Å². The average molecular weight is 657 g/mol. The summed E-state index contributed by atoms with van der Waals surface area (Å²) in [6.07, 6.45) is -0.0819. The summed E-state index contributed by atoms with van der Waals surface area (Å²) in [6.45, 7) is -0.429. The Morgan fingerprint density at radius 2 is 1.74 bits per heavy atom. The van der Waals surface area contributed by atoms with E-state index in [9.17, 15) is 24.4 Å². The summed E-state index contributed by atoms with van der Waals surface area (Å²) in [5, 5.41) is 9.20. The number of carbonyl (C=O) groups excluding carboxylic acids is 4. The molecule has 1 saturated heterocycles. The topological polar surface area (TPSA) is 127 Å². The van der Waals surface area contributed by atoms with Crippen molar-refractivity contribution in [2.24, 2.45) is 0 Å². The third-order valence-electron chi connectivity index (χ3n) is 6.57. The molecule has 1 fully saturated rings. The minimum Gasteiger partial charge on any atom is -0.497 e. The third kappa shape index (κ3) is 6.66. The standard InChI is InChI=1S/C32H22BrN3O6S/c1-41-25-4-2-3-21(15-25)26-14-9-22(17-34)30(35-26)43-28-16-29(38)36(31(28)39)24-12-7-20(8-13-24)32(40)42-18-27(37)19-5-10-23(33)11-6-19/h2-15,28H,16,18H2,1H3. The lowest BCUT2D eigenvalue weighted by atomic mass is 10.1. The normalized spacial score (nSPS) is 14.3. The first kappa shape index (κ1) is 29.7. The second-order valence-corrected chi connectivity index (χ2v) is 11.4. The number of esters is 1. The molecule has 43 heavy (non-hydrogen) atoms. The van der Waals surface area contributed by atoms with Crippen LogP contribution in [0.2, 0.25) is 0 Å². The van der Waals surface area contributed by atoms with E-state index >= 15 is 0 Å². The molecule has 3 aromatic carbocycles. The van der Waals surface area contributed by atoms with Crippen LogP contribution in [0, 0.1) is 11.3 Å². The number of rotatable bonds is 9. The summed E-state index contributed by atoms with van der Waals surface area (Å²) >= 11 is 4.36. The smallest absolute Gasteiger partial charge is 0.338 e. The number of carbonyl (C=O) groups is 4. The molecule has 0 radical (unpaired) electrons. The van der Waals surface area contributed by atoms with E-state index in [1.54, 1.807) is 43.5 Å². The monoisotopic (exact) mass is 655 g/mol. The minimum absolute atomic E-state index is 0.0819. The second-order valence-electron chi connectivity index (χ2n) is 9.32. The lowest BCUT2D eigenvalue weighted by Crippen LogP contribution is -2.31. The van der Waals surface area contributed by atoms with Crippen molar-refractivity contribution in [3.05, 3.63) is 106 Å². The summed E-state index contributed by atoms with van der Waals surface area (Å²) in [4.78, 5) is 56.7. The Bertz CT molecular complexity index is 1770. The first-order chi connectivity index (χ1) is 20.8. The molecule has 2 amide bonds. The van der Waals surface area contributed by atoms with Crippen molar-refractivity contribution in [2.45, 2.75) is 16.7 Å². The van der Waals surface area contributed by atoms with Gasteiger partial charge in [-0.1, -0.05) is 52.0 Å². The Kier molecular flexibility index (Phi) is 8.99. The largest absolute Gasteiger partial charge is 0.497 e. The van der Waals surface area contributed by atoms with Crippen molar-refractivity contribution in [1.82, 2.24) is 4.98 Å². The molecule has 1 aliphatic heterocycles. The van der Waals surface area contributed by atoms with E-state index in [2.05, 4.69) is 27.0 Å². The molecule has 0 aliphatic carbocycles. The van der Waals surface area contributed by atoms with E-state index in [0.29, 0.717) is 27.7 Å². The molecule has 1 unspecified atom stereocenters. The van der Waals surface area contributed by atoms with Gasteiger partial charge in [0.1, 0.15) is 16.8 Å². The van der Waals surface area contributed by atoms with Gasteiger partial charge in [-0.3, -0.25) is 14.4 Å². The highest BCUT2D eigenvalue weighted by Crippen LogP contribution is 2.36. The highest BCUT2D eigenvalue weighted by atomic mass is 79.9. The van der Waals surface area contributed by atoms with Crippen LogP contribution < -0.4 is 9.64 Å². The second kappa shape index (κ2) is 13.0. The van der Waals surface area contributed by atoms with Crippen LogP contribution in [0.5, 0.6) is 5.75 Å². The molecule has 5 rings (SSSR count). The zero-order valence-electron chi connectivity index (χ0n) is 22.7. The van der Waals surface area contributed by atoms with Crippen LogP contribution in [-0.2, 0) is 14.3 Å². The van der Waals surface area contributed by atoms with Crippen molar-refractivity contribution in [2.75, 3.05) is 18.6 Å². The van der Waals surface area contributed by atoms with Crippen LogP contribution in [0.15, 0.2) is 94.4 Å². The zero-order chi connectivity index (χ0) is 30.5. The molecule has 1 atom stereocenters. The van der Waals surface area contributed by atoms with E-state index in [0.717, 1.165) is 26.7 Å². The van der Waals surface area contributed by atoms with Crippen LogP contribution in [-0.4, -0.2) is 47.5 Å². The van der Waals surface area contributed by atoms with Crippen LogP contribution >= 0.6 is 27.7 Å². The fourth-order valence-electron chi connectivity index (χ4n) is 4.34. The SMILES string of the molecule is COc1cccc(-c2ccc(C#N)c(SC3CC(=O)N(c4ccc(C(=O)OCC(=O)c5ccc(Br)cc5)cc4)C3=O)n2)c1. The highest BCUT2D eigenvalue weighted by molar-refractivity contribution is 9.10. The molecule has 214 valence electrons. The predicted octanol–water partition coefficient (Wildman–Crippen LogP) is 5.86. The first-order valence-corrected chi connectivity index (χ1v) is 14.6. The maximum absolute atomic E-state index is 13.3. The Morgan fingerprint density at radius 3 is 2.44 bits per heavy atom. The summed E-state index contributed by atoms with van der Waals surface area (Å²) in [5.41, 5.74) is 2.52. The molecule has 1 aliphatic rings. The maximum Gasteiger partial charge on any atom is 0.338 e. The molecule has 0 saturated carbocycles. The molecule has 0 spiro atoms. The maximum atomic E-state index is 13.3. The van der Waals surface area contributed by atoms with E-state index in [4.69, 9.17) is 9.47 Å². The van der Waals surface area contributed by atoms with Gasteiger partial charge in [-0.05, 0) is 60.7 Å². The van der Waals surface area contributed by atoms with Gasteiger partial charge >= 0.3 is 5.97 Å². The Labute approximate surface area is 259 Å². The fourth-order valence-corrected chi connectivity index (χ4v) is 5.70. The number of hydrogen-bond donors (Lipinski definition) is 0. The number of amides is 2. The van der Waals surface area contributed by atoms with Crippen molar-refractivity contribution < 1.29 is 28.7 Å². The van der Waals surface area contributed by atoms with Gasteiger partial charge in [0, 0.05) is 22.0 Å². The van der Waals surface area contributed by atoms with Gasteiger partial charge in [0.15, 0.2) is 12.4 Å². The summed E-state index contributed by atoms with van der Waals surface area (Å²) < 4.78 is 11.3. The summed E-state index contributed by atoms with van der Waals surface area (Å²) in [6, 6.07) is 25.2. The number of imide groups is 1. The number of thioether (sulfide) groups is 1. The van der Waals surface area contributed by atoms with E-state index in [-0.39, 0.29) is 23.3 Å². The molecular formula is C32H22BrN3O6S. The molecular weight excluding hydrogens is 634 g/mol. The number of aromatic nitrogens is 1. The van der Waals surface area contributed by atoms with Gasteiger partial charge < -0.3 is 9.47 Å². The molecule has 11 heteroatoms. The van der Waals surface area contributed by atoms with E-state index in [1.807, 2.05) is 24.3 Å². The number of pyridine rings is 1. The van der Waals surface area contributed by atoms with E-state index in [1.165, 1.54) is 24.3 Å². The number of benzene rings is 3. The Morgan fingerprint density at radius 1 is 1.02 bits per heavy atom. The molecule has 0 bridgehead atoms. The van der Waals surface area contributed by atoms with Crippen molar-refractivity contribution in [1.29, 1.82) is 5.26 Å². The Balaban J connectivity index is 1.26. The number of methoxy groups -OCH3 is 1. The number of halogens is 1. The van der Waals surface area contributed by atoms with Crippen LogP contribution in [0.25, 0.3) is 11.3 Å². The zero-order valence-corrected chi connectivity index (χ0v) is 25.1. The van der Waals surface area contributed by atoms with Crippen LogP contribution in [0.1, 0.15) is 32.7 Å². The highest BCUT2D eigenvalue weighted by Gasteiger charge is 2.41. The molecule has 1 aromatic heterocycles. The van der Waals surface area contributed by atoms with Gasteiger partial charge in [0.25, 0.3) is 0 Å². The van der Waals surface area contributed by atoms with Crippen LogP contribution in [0.3, 0.4) is 0 Å². The molecule has 9 nitrogen and oxygen atoms in total. The van der Waals surface area contributed by atoms with Gasteiger partial charge in [0.05, 0.1) is 34.9 Å². The number of nitrogens with zero attached hydrogens (tertiary/aromatic N) is 3. The van der Waals surface area contributed by atoms with Gasteiger partial charge in [-0.15, -0.1) is 0 Å². The van der Waals surface area contributed by atoms with Gasteiger partial charge in [-0.2, -0.15) is 5.26 Å². The molecule has 4 aromatic rings. The first-order valence-electron chi connectivity index (χ1n) is 12.9. The lowest BCUT2D eigenvalue weighted by Gasteiger charge is -2.15.